The number of aryl methyl sites for hydroxylation is 1. The number of H-pyrrole nitrogens is 1. The summed E-state index contributed by atoms with van der Waals surface area (Å²) in [5.41, 5.74) is 5.06. The highest BCUT2D eigenvalue weighted by Crippen LogP contribution is 2.42. The molecule has 1 atom stereocenters. The van der Waals surface area contributed by atoms with Crippen LogP contribution in [0.5, 0.6) is 11.5 Å². The van der Waals surface area contributed by atoms with Gasteiger partial charge in [0, 0.05) is 24.3 Å². The van der Waals surface area contributed by atoms with Crippen LogP contribution < -0.4 is 14.8 Å². The average molecular weight is 496 g/mol. The van der Waals surface area contributed by atoms with E-state index in [1.54, 1.807) is 18.1 Å². The van der Waals surface area contributed by atoms with Gasteiger partial charge in [0.1, 0.15) is 17.7 Å². The van der Waals surface area contributed by atoms with E-state index in [0.29, 0.717) is 47.3 Å². The van der Waals surface area contributed by atoms with Crippen molar-refractivity contribution in [2.24, 2.45) is 0 Å². The predicted molar refractivity (Wildman–Crippen MR) is 137 cm³/mol. The lowest BCUT2D eigenvalue weighted by atomic mass is 9.85. The van der Waals surface area contributed by atoms with Crippen LogP contribution in [0.2, 0.25) is 0 Å². The predicted octanol–water partition coefficient (Wildman–Crippen LogP) is 3.95. The number of anilines is 1. The second kappa shape index (κ2) is 9.38. The Bertz CT molecular complexity index is 1590. The Kier molecular flexibility index (Phi) is 5.76. The number of rotatable bonds is 7. The monoisotopic (exact) mass is 495 g/mol. The van der Waals surface area contributed by atoms with Crippen molar-refractivity contribution in [3.8, 4) is 17.3 Å². The third kappa shape index (κ3) is 4.16. The number of nitrogens with zero attached hydrogens (tertiary/aromatic N) is 5. The SMILES string of the molecule is COc1cc([C@H]2CC(=O)Nc3c2c(C)nn3-c2ncnc3nc[nH]c23)ccc1OCCc1ccccc1. The van der Waals surface area contributed by atoms with Gasteiger partial charge in [-0.2, -0.15) is 9.78 Å². The molecule has 1 aliphatic rings. The first-order valence-corrected chi connectivity index (χ1v) is 12.0. The Morgan fingerprint density at radius 3 is 2.78 bits per heavy atom. The molecule has 0 saturated heterocycles. The zero-order valence-corrected chi connectivity index (χ0v) is 20.4. The fourth-order valence-corrected chi connectivity index (χ4v) is 4.84. The number of benzene rings is 2. The Morgan fingerprint density at radius 1 is 1.08 bits per heavy atom. The number of hydrogen-bond acceptors (Lipinski definition) is 7. The fourth-order valence-electron chi connectivity index (χ4n) is 4.84. The molecule has 5 aromatic rings. The lowest BCUT2D eigenvalue weighted by Gasteiger charge is -2.25. The molecule has 1 aliphatic heterocycles. The van der Waals surface area contributed by atoms with E-state index in [1.807, 2.05) is 43.3 Å². The molecule has 0 bridgehead atoms. The third-order valence-electron chi connectivity index (χ3n) is 6.59. The summed E-state index contributed by atoms with van der Waals surface area (Å²) in [6, 6.07) is 16.0. The van der Waals surface area contributed by atoms with Gasteiger partial charge in [0.2, 0.25) is 5.91 Å². The molecular formula is C27H25N7O3. The number of fused-ring (bicyclic) bond motifs is 2. The number of ether oxygens (including phenoxy) is 2. The van der Waals surface area contributed by atoms with Crippen molar-refractivity contribution < 1.29 is 14.3 Å². The molecule has 0 radical (unpaired) electrons. The zero-order valence-electron chi connectivity index (χ0n) is 20.4. The summed E-state index contributed by atoms with van der Waals surface area (Å²) >= 11 is 0. The van der Waals surface area contributed by atoms with Gasteiger partial charge in [0.25, 0.3) is 0 Å². The normalized spacial score (nSPS) is 14.9. The molecule has 4 heterocycles. The third-order valence-corrected chi connectivity index (χ3v) is 6.59. The van der Waals surface area contributed by atoms with E-state index in [9.17, 15) is 4.79 Å². The highest BCUT2D eigenvalue weighted by molar-refractivity contribution is 5.95. The van der Waals surface area contributed by atoms with Gasteiger partial charge >= 0.3 is 0 Å². The van der Waals surface area contributed by atoms with E-state index >= 15 is 0 Å². The Hall–Kier alpha value is -4.73. The summed E-state index contributed by atoms with van der Waals surface area (Å²) in [6.07, 6.45) is 4.08. The maximum atomic E-state index is 12.9. The van der Waals surface area contributed by atoms with Crippen LogP contribution in [0.1, 0.15) is 34.7 Å². The number of nitrogens with one attached hydrogen (secondary N) is 2. The number of aromatic amines is 1. The van der Waals surface area contributed by atoms with Crippen LogP contribution in [0.4, 0.5) is 5.82 Å². The standard InChI is InChI=1S/C27H25N7O3/c1-16-23-19(18-8-9-20(21(12-18)36-2)37-11-10-17-6-4-3-5-7-17)13-22(35)32-26(23)34(33-16)27-24-25(29-14-28-24)30-15-31-27/h3-9,12,14-15,19H,10-11,13H2,1-2H3,(H,32,35)(H,28,29,30,31)/t19-/m1/s1. The molecule has 0 unspecified atom stereocenters. The van der Waals surface area contributed by atoms with Gasteiger partial charge in [-0.25, -0.2) is 15.0 Å². The molecule has 3 aromatic heterocycles. The highest BCUT2D eigenvalue weighted by atomic mass is 16.5. The largest absolute Gasteiger partial charge is 0.493 e. The number of carbonyl (C=O) groups is 1. The van der Waals surface area contributed by atoms with Crippen molar-refractivity contribution >= 4 is 22.9 Å². The number of amides is 1. The van der Waals surface area contributed by atoms with E-state index in [0.717, 1.165) is 23.2 Å². The summed E-state index contributed by atoms with van der Waals surface area (Å²) in [6.45, 7) is 2.46. The summed E-state index contributed by atoms with van der Waals surface area (Å²) < 4.78 is 13.4. The van der Waals surface area contributed by atoms with Gasteiger partial charge in [-0.3, -0.25) is 4.79 Å². The number of hydrogen-bond donors (Lipinski definition) is 2. The van der Waals surface area contributed by atoms with Crippen molar-refractivity contribution in [3.05, 3.63) is 83.6 Å². The van der Waals surface area contributed by atoms with Crippen molar-refractivity contribution in [1.82, 2.24) is 29.7 Å². The van der Waals surface area contributed by atoms with Crippen molar-refractivity contribution in [3.63, 3.8) is 0 Å². The molecule has 1 amide bonds. The van der Waals surface area contributed by atoms with Crippen LogP contribution in [0.25, 0.3) is 17.0 Å². The van der Waals surface area contributed by atoms with Gasteiger partial charge in [0.05, 0.1) is 25.7 Å². The summed E-state index contributed by atoms with van der Waals surface area (Å²) in [5, 5.41) is 7.74. The Labute approximate surface area is 212 Å². The maximum absolute atomic E-state index is 12.9. The highest BCUT2D eigenvalue weighted by Gasteiger charge is 2.34. The first-order valence-electron chi connectivity index (χ1n) is 12.0. The minimum Gasteiger partial charge on any atom is -0.493 e. The van der Waals surface area contributed by atoms with Crippen LogP contribution in [-0.2, 0) is 11.2 Å². The first kappa shape index (κ1) is 22.7. The van der Waals surface area contributed by atoms with Gasteiger partial charge in [-0.05, 0) is 30.2 Å². The number of methoxy groups -OCH3 is 1. The number of imidazole rings is 1. The molecule has 10 heteroatoms. The lowest BCUT2D eigenvalue weighted by molar-refractivity contribution is -0.116. The van der Waals surface area contributed by atoms with Crippen LogP contribution in [-0.4, -0.2) is 49.3 Å². The van der Waals surface area contributed by atoms with Crippen molar-refractivity contribution in [1.29, 1.82) is 0 Å². The van der Waals surface area contributed by atoms with Gasteiger partial charge < -0.3 is 19.8 Å². The molecule has 10 nitrogen and oxygen atoms in total. The van der Waals surface area contributed by atoms with E-state index in [1.165, 1.54) is 11.9 Å². The average Bonchev–Trinajstić information content (AvgIpc) is 3.53. The van der Waals surface area contributed by atoms with Crippen LogP contribution >= 0.6 is 0 Å². The minimum atomic E-state index is -0.205. The van der Waals surface area contributed by atoms with Crippen LogP contribution in [0.3, 0.4) is 0 Å². The number of carbonyl (C=O) groups excluding carboxylic acids is 1. The smallest absolute Gasteiger partial charge is 0.226 e. The molecule has 0 spiro atoms. The van der Waals surface area contributed by atoms with Crippen molar-refractivity contribution in [2.75, 3.05) is 19.0 Å². The second-order valence-electron chi connectivity index (χ2n) is 8.86. The molecule has 0 fully saturated rings. The number of aromatic nitrogens is 6. The molecular weight excluding hydrogens is 470 g/mol. The van der Waals surface area contributed by atoms with Crippen molar-refractivity contribution in [2.45, 2.75) is 25.7 Å². The topological polar surface area (TPSA) is 120 Å². The van der Waals surface area contributed by atoms with Crippen LogP contribution in [0.15, 0.2) is 61.2 Å². The zero-order chi connectivity index (χ0) is 25.4. The molecule has 2 aromatic carbocycles. The summed E-state index contributed by atoms with van der Waals surface area (Å²) in [5.74, 6) is 2.10. The first-order chi connectivity index (χ1) is 18.1. The molecule has 0 aliphatic carbocycles. The van der Waals surface area contributed by atoms with Gasteiger partial charge in [0.15, 0.2) is 23.0 Å². The minimum absolute atomic E-state index is 0.101. The molecule has 37 heavy (non-hydrogen) atoms. The van der Waals surface area contributed by atoms with E-state index in [4.69, 9.17) is 14.6 Å². The molecule has 186 valence electrons. The summed E-state index contributed by atoms with van der Waals surface area (Å²) in [7, 11) is 1.62. The van der Waals surface area contributed by atoms with E-state index in [-0.39, 0.29) is 11.8 Å². The molecule has 2 N–H and O–H groups in total. The second-order valence-corrected chi connectivity index (χ2v) is 8.86. The maximum Gasteiger partial charge on any atom is 0.226 e. The van der Waals surface area contributed by atoms with E-state index < -0.39 is 0 Å². The van der Waals surface area contributed by atoms with Gasteiger partial charge in [-0.1, -0.05) is 36.4 Å². The van der Waals surface area contributed by atoms with E-state index in [2.05, 4.69) is 37.4 Å². The van der Waals surface area contributed by atoms with Gasteiger partial charge in [-0.15, -0.1) is 0 Å². The Morgan fingerprint density at radius 2 is 1.95 bits per heavy atom. The Balaban J connectivity index is 1.33. The molecule has 0 saturated carbocycles. The molecule has 6 rings (SSSR count). The quantitative estimate of drug-likeness (QED) is 0.351. The summed E-state index contributed by atoms with van der Waals surface area (Å²) in [4.78, 5) is 28.7. The lowest BCUT2D eigenvalue weighted by Crippen LogP contribution is -2.25. The fraction of sp³-hybridized carbons (Fsp3) is 0.222. The van der Waals surface area contributed by atoms with Crippen LogP contribution in [0, 0.1) is 6.92 Å².